The third kappa shape index (κ3) is 2.56. The lowest BCUT2D eigenvalue weighted by Crippen LogP contribution is -2.32. The molecule has 0 saturated carbocycles. The Balaban J connectivity index is 2.36. The minimum atomic E-state index is 1.01. The second-order valence-corrected chi connectivity index (χ2v) is 5.28. The van der Waals surface area contributed by atoms with Crippen LogP contribution in [-0.4, -0.2) is 24.5 Å². The number of hydrogen-bond acceptors (Lipinski definition) is 1. The molecule has 96 valence electrons. The topological polar surface area (TPSA) is 3.24 Å². The predicted molar refractivity (Wildman–Crippen MR) is 79.6 cm³/mol. The molecule has 1 aliphatic rings. The Morgan fingerprint density at radius 3 is 2.50 bits per heavy atom. The average Bonchev–Trinajstić information content (AvgIpc) is 2.31. The molecule has 1 aliphatic heterocycles. The van der Waals surface area contributed by atoms with Crippen LogP contribution >= 0.6 is 0 Å². The van der Waals surface area contributed by atoms with Gasteiger partial charge in [-0.05, 0) is 49.1 Å². The number of benzene rings is 1. The van der Waals surface area contributed by atoms with Gasteiger partial charge in [0.2, 0.25) is 0 Å². The molecule has 0 spiro atoms. The van der Waals surface area contributed by atoms with Crippen LogP contribution in [0, 0.1) is 6.92 Å². The molecule has 0 fully saturated rings. The smallest absolute Gasteiger partial charge is 0.0237 e. The Labute approximate surface area is 111 Å². The van der Waals surface area contributed by atoms with Crippen LogP contribution in [0.3, 0.4) is 0 Å². The molecule has 0 saturated heterocycles. The first-order chi connectivity index (χ1) is 8.63. The van der Waals surface area contributed by atoms with Crippen LogP contribution in [0.1, 0.15) is 31.4 Å². The van der Waals surface area contributed by atoms with Crippen molar-refractivity contribution in [3.05, 3.63) is 53.1 Å². The van der Waals surface area contributed by atoms with E-state index >= 15 is 0 Å². The van der Waals surface area contributed by atoms with Crippen molar-refractivity contribution >= 4 is 5.57 Å². The fourth-order valence-corrected chi connectivity index (χ4v) is 2.87. The summed E-state index contributed by atoms with van der Waals surface area (Å²) < 4.78 is 0. The molecule has 1 heterocycles. The van der Waals surface area contributed by atoms with Gasteiger partial charge in [-0.3, -0.25) is 4.90 Å². The van der Waals surface area contributed by atoms with Crippen LogP contribution in [-0.2, 0) is 0 Å². The SMILES string of the molecule is C=C1CN(CCC)CC(C)=C1c1ccccc1C. The van der Waals surface area contributed by atoms with Crippen molar-refractivity contribution in [2.45, 2.75) is 27.2 Å². The lowest BCUT2D eigenvalue weighted by molar-refractivity contribution is 0.318. The van der Waals surface area contributed by atoms with Crippen molar-refractivity contribution in [3.63, 3.8) is 0 Å². The fourth-order valence-electron chi connectivity index (χ4n) is 2.87. The molecular formula is C17H23N. The van der Waals surface area contributed by atoms with Crippen molar-refractivity contribution in [2.24, 2.45) is 0 Å². The highest BCUT2D eigenvalue weighted by atomic mass is 15.1. The Morgan fingerprint density at radius 1 is 1.17 bits per heavy atom. The molecule has 0 amide bonds. The number of rotatable bonds is 3. The molecular weight excluding hydrogens is 218 g/mol. The van der Waals surface area contributed by atoms with Gasteiger partial charge in [-0.1, -0.05) is 43.3 Å². The lowest BCUT2D eigenvalue weighted by atomic mass is 9.88. The van der Waals surface area contributed by atoms with Crippen molar-refractivity contribution in [2.75, 3.05) is 19.6 Å². The fraction of sp³-hybridized carbons (Fsp3) is 0.412. The molecule has 2 rings (SSSR count). The van der Waals surface area contributed by atoms with Crippen molar-refractivity contribution in [1.29, 1.82) is 0 Å². The lowest BCUT2D eigenvalue weighted by Gasteiger charge is -2.31. The third-order valence-corrected chi connectivity index (χ3v) is 3.61. The number of aryl methyl sites for hydroxylation is 1. The van der Waals surface area contributed by atoms with E-state index in [1.165, 1.54) is 34.3 Å². The summed E-state index contributed by atoms with van der Waals surface area (Å²) in [6.07, 6.45) is 1.21. The van der Waals surface area contributed by atoms with Crippen molar-refractivity contribution in [1.82, 2.24) is 4.90 Å². The van der Waals surface area contributed by atoms with Gasteiger partial charge in [0.1, 0.15) is 0 Å². The largest absolute Gasteiger partial charge is 0.295 e. The van der Waals surface area contributed by atoms with Crippen LogP contribution in [0.5, 0.6) is 0 Å². The first-order valence-electron chi connectivity index (χ1n) is 6.79. The maximum atomic E-state index is 4.30. The number of nitrogens with zero attached hydrogens (tertiary/aromatic N) is 1. The van der Waals surface area contributed by atoms with E-state index in [-0.39, 0.29) is 0 Å². The van der Waals surface area contributed by atoms with E-state index in [1.54, 1.807) is 0 Å². The second kappa shape index (κ2) is 5.53. The summed E-state index contributed by atoms with van der Waals surface area (Å²) in [5, 5.41) is 0. The summed E-state index contributed by atoms with van der Waals surface area (Å²) in [4.78, 5) is 2.49. The summed E-state index contributed by atoms with van der Waals surface area (Å²) in [5.41, 5.74) is 6.81. The predicted octanol–water partition coefficient (Wildman–Crippen LogP) is 4.05. The van der Waals surface area contributed by atoms with Gasteiger partial charge in [0, 0.05) is 13.1 Å². The standard InChI is InChI=1S/C17H23N/c1-5-10-18-11-14(3)17(15(4)12-18)16-9-7-6-8-13(16)2/h6-9H,3,5,10-12H2,1-2,4H3. The van der Waals surface area contributed by atoms with Crippen LogP contribution in [0.2, 0.25) is 0 Å². The second-order valence-electron chi connectivity index (χ2n) is 5.28. The highest BCUT2D eigenvalue weighted by molar-refractivity contribution is 5.83. The van der Waals surface area contributed by atoms with E-state index < -0.39 is 0 Å². The van der Waals surface area contributed by atoms with E-state index in [4.69, 9.17) is 0 Å². The van der Waals surface area contributed by atoms with Gasteiger partial charge >= 0.3 is 0 Å². The van der Waals surface area contributed by atoms with Gasteiger partial charge in [-0.2, -0.15) is 0 Å². The average molecular weight is 241 g/mol. The van der Waals surface area contributed by atoms with Gasteiger partial charge in [0.25, 0.3) is 0 Å². The van der Waals surface area contributed by atoms with E-state index in [0.29, 0.717) is 0 Å². The zero-order chi connectivity index (χ0) is 13.1. The van der Waals surface area contributed by atoms with Gasteiger partial charge in [-0.15, -0.1) is 0 Å². The Kier molecular flexibility index (Phi) is 4.03. The molecule has 0 radical (unpaired) electrons. The molecule has 0 bridgehead atoms. The van der Waals surface area contributed by atoms with Crippen LogP contribution in [0.4, 0.5) is 0 Å². The first-order valence-corrected chi connectivity index (χ1v) is 6.79. The van der Waals surface area contributed by atoms with E-state index in [1.807, 2.05) is 0 Å². The molecule has 0 aliphatic carbocycles. The Morgan fingerprint density at radius 2 is 1.89 bits per heavy atom. The molecule has 1 nitrogen and oxygen atoms in total. The van der Waals surface area contributed by atoms with E-state index in [9.17, 15) is 0 Å². The minimum absolute atomic E-state index is 1.01. The summed E-state index contributed by atoms with van der Waals surface area (Å²) in [5.74, 6) is 0. The maximum absolute atomic E-state index is 4.30. The molecule has 0 atom stereocenters. The third-order valence-electron chi connectivity index (χ3n) is 3.61. The highest BCUT2D eigenvalue weighted by Crippen LogP contribution is 2.32. The molecule has 0 aromatic heterocycles. The zero-order valence-electron chi connectivity index (χ0n) is 11.8. The molecule has 1 aromatic rings. The number of hydrogen-bond donors (Lipinski definition) is 0. The normalized spacial score (nSPS) is 17.4. The van der Waals surface area contributed by atoms with Crippen LogP contribution in [0.25, 0.3) is 5.57 Å². The molecule has 1 aromatic carbocycles. The maximum Gasteiger partial charge on any atom is 0.0237 e. The first kappa shape index (κ1) is 13.1. The molecule has 0 unspecified atom stereocenters. The summed E-state index contributed by atoms with van der Waals surface area (Å²) in [6.45, 7) is 14.2. The monoisotopic (exact) mass is 241 g/mol. The van der Waals surface area contributed by atoms with Gasteiger partial charge < -0.3 is 0 Å². The minimum Gasteiger partial charge on any atom is -0.295 e. The Bertz CT molecular complexity index is 482. The molecule has 1 heteroatoms. The van der Waals surface area contributed by atoms with E-state index in [0.717, 1.165) is 19.6 Å². The van der Waals surface area contributed by atoms with Crippen molar-refractivity contribution in [3.8, 4) is 0 Å². The summed E-state index contributed by atoms with van der Waals surface area (Å²) in [7, 11) is 0. The quantitative estimate of drug-likeness (QED) is 0.771. The summed E-state index contributed by atoms with van der Waals surface area (Å²) in [6, 6.07) is 8.62. The van der Waals surface area contributed by atoms with Gasteiger partial charge in [0.15, 0.2) is 0 Å². The molecule has 0 N–H and O–H groups in total. The highest BCUT2D eigenvalue weighted by Gasteiger charge is 2.20. The van der Waals surface area contributed by atoms with Crippen LogP contribution in [0.15, 0.2) is 42.0 Å². The van der Waals surface area contributed by atoms with Gasteiger partial charge in [0.05, 0.1) is 0 Å². The van der Waals surface area contributed by atoms with Crippen LogP contribution < -0.4 is 0 Å². The van der Waals surface area contributed by atoms with E-state index in [2.05, 4.69) is 56.5 Å². The van der Waals surface area contributed by atoms with Gasteiger partial charge in [-0.25, -0.2) is 0 Å². The molecule has 18 heavy (non-hydrogen) atoms. The summed E-state index contributed by atoms with van der Waals surface area (Å²) >= 11 is 0. The Hall–Kier alpha value is -1.34. The van der Waals surface area contributed by atoms with Crippen molar-refractivity contribution < 1.29 is 0 Å². The zero-order valence-corrected chi connectivity index (χ0v) is 11.8.